The molecular weight excluding hydrogens is 260 g/mol. The van der Waals surface area contributed by atoms with E-state index in [9.17, 15) is 0 Å². The van der Waals surface area contributed by atoms with E-state index in [0.717, 1.165) is 0 Å². The first kappa shape index (κ1) is 11.9. The van der Waals surface area contributed by atoms with Crippen molar-refractivity contribution >= 4 is 29.2 Å². The van der Waals surface area contributed by atoms with Crippen LogP contribution in [0.5, 0.6) is 5.75 Å². The van der Waals surface area contributed by atoms with E-state index < -0.39 is 0 Å². The summed E-state index contributed by atoms with van der Waals surface area (Å²) in [5.74, 6) is 0.719. The first-order valence-electron chi connectivity index (χ1n) is 4.65. The van der Waals surface area contributed by atoms with E-state index >= 15 is 0 Å². The fourth-order valence-electron chi connectivity index (χ4n) is 1.17. The Bertz CT molecular complexity index is 537. The van der Waals surface area contributed by atoms with Gasteiger partial charge in [-0.25, -0.2) is 15.0 Å². The van der Waals surface area contributed by atoms with Crippen LogP contribution in [-0.4, -0.2) is 22.1 Å². The van der Waals surface area contributed by atoms with Crippen LogP contribution in [0.3, 0.4) is 0 Å². The minimum atomic E-state index is 0.289. The van der Waals surface area contributed by atoms with Crippen molar-refractivity contribution in [2.24, 2.45) is 0 Å². The van der Waals surface area contributed by atoms with Crippen LogP contribution in [0, 0.1) is 0 Å². The van der Waals surface area contributed by atoms with Crippen LogP contribution < -0.4 is 10.5 Å². The Hall–Kier alpha value is -1.53. The summed E-state index contributed by atoms with van der Waals surface area (Å²) >= 11 is 7.29. The Balaban J connectivity index is 2.37. The largest absolute Gasteiger partial charge is 0.490 e. The lowest BCUT2D eigenvalue weighted by Crippen LogP contribution is -1.99. The van der Waals surface area contributed by atoms with E-state index in [1.807, 2.05) is 0 Å². The Morgan fingerprint density at radius 2 is 2.12 bits per heavy atom. The van der Waals surface area contributed by atoms with Gasteiger partial charge in [0.15, 0.2) is 16.6 Å². The molecule has 0 amide bonds. The number of hydrogen-bond acceptors (Lipinski definition) is 6. The number of anilines is 1. The van der Waals surface area contributed by atoms with Crippen molar-refractivity contribution in [3.8, 4) is 5.75 Å². The zero-order valence-corrected chi connectivity index (χ0v) is 10.5. The summed E-state index contributed by atoms with van der Waals surface area (Å²) in [5.41, 5.74) is 5.68. The third-order valence-electron chi connectivity index (χ3n) is 1.92. The second-order valence-electron chi connectivity index (χ2n) is 2.99. The molecule has 2 heterocycles. The molecule has 0 atom stereocenters. The maximum Gasteiger partial charge on any atom is 0.193 e. The predicted molar refractivity (Wildman–Crippen MR) is 66.4 cm³/mol. The van der Waals surface area contributed by atoms with Crippen molar-refractivity contribution in [1.82, 2.24) is 15.0 Å². The van der Waals surface area contributed by atoms with E-state index in [0.29, 0.717) is 20.8 Å². The smallest absolute Gasteiger partial charge is 0.193 e. The number of nitrogens with two attached hydrogens (primary N) is 1. The number of aromatic nitrogens is 3. The van der Waals surface area contributed by atoms with Crippen molar-refractivity contribution in [3.63, 3.8) is 0 Å². The molecule has 0 aliphatic rings. The molecule has 2 N–H and O–H groups in total. The second-order valence-corrected chi connectivity index (χ2v) is 4.37. The standard InChI is InChI=1S/C10H9ClN4OS/c1-16-7-8(12)14-5-15-10(7)17-9-6(11)3-2-4-13-9/h2-5H,1H3,(H2,12,14,15). The number of pyridine rings is 1. The molecule has 0 aliphatic heterocycles. The molecule has 2 aromatic heterocycles. The van der Waals surface area contributed by atoms with E-state index in [-0.39, 0.29) is 5.82 Å². The molecule has 88 valence electrons. The van der Waals surface area contributed by atoms with Gasteiger partial charge in [-0.05, 0) is 23.9 Å². The fourth-order valence-corrected chi connectivity index (χ4v) is 2.25. The molecular formula is C10H9ClN4OS. The molecule has 0 bridgehead atoms. The van der Waals surface area contributed by atoms with E-state index in [2.05, 4.69) is 15.0 Å². The molecule has 2 aromatic rings. The maximum absolute atomic E-state index is 6.01. The number of halogens is 1. The molecule has 0 radical (unpaired) electrons. The van der Waals surface area contributed by atoms with Gasteiger partial charge >= 0.3 is 0 Å². The topological polar surface area (TPSA) is 73.9 Å². The summed E-state index contributed by atoms with van der Waals surface area (Å²) in [4.78, 5) is 12.1. The highest BCUT2D eigenvalue weighted by Gasteiger charge is 2.13. The zero-order valence-electron chi connectivity index (χ0n) is 8.92. The van der Waals surface area contributed by atoms with Crippen molar-refractivity contribution in [2.45, 2.75) is 10.1 Å². The highest BCUT2D eigenvalue weighted by atomic mass is 35.5. The van der Waals surface area contributed by atoms with Crippen molar-refractivity contribution in [3.05, 3.63) is 29.7 Å². The van der Waals surface area contributed by atoms with Gasteiger partial charge in [-0.2, -0.15) is 0 Å². The minimum Gasteiger partial charge on any atom is -0.490 e. The molecule has 5 nitrogen and oxygen atoms in total. The minimum absolute atomic E-state index is 0.289. The highest BCUT2D eigenvalue weighted by Crippen LogP contribution is 2.37. The number of rotatable bonds is 3. The van der Waals surface area contributed by atoms with Crippen molar-refractivity contribution < 1.29 is 4.74 Å². The van der Waals surface area contributed by atoms with Gasteiger partial charge in [0.05, 0.1) is 12.1 Å². The highest BCUT2D eigenvalue weighted by molar-refractivity contribution is 7.99. The summed E-state index contributed by atoms with van der Waals surface area (Å²) in [6, 6.07) is 3.52. The summed E-state index contributed by atoms with van der Waals surface area (Å²) in [6.07, 6.45) is 3.03. The lowest BCUT2D eigenvalue weighted by molar-refractivity contribution is 0.401. The number of methoxy groups -OCH3 is 1. The van der Waals surface area contributed by atoms with Crippen molar-refractivity contribution in [1.29, 1.82) is 0 Å². The van der Waals surface area contributed by atoms with Gasteiger partial charge in [0.2, 0.25) is 0 Å². The van der Waals surface area contributed by atoms with Crippen LogP contribution in [0.4, 0.5) is 5.82 Å². The summed E-state index contributed by atoms with van der Waals surface area (Å²) < 4.78 is 5.15. The van der Waals surface area contributed by atoms with Gasteiger partial charge in [0, 0.05) is 6.20 Å². The predicted octanol–water partition coefficient (Wildman–Crippen LogP) is 2.27. The molecule has 0 aromatic carbocycles. The van der Waals surface area contributed by atoms with Crippen LogP contribution in [0.25, 0.3) is 0 Å². The molecule has 0 saturated carbocycles. The lowest BCUT2D eigenvalue weighted by atomic mass is 10.5. The third kappa shape index (κ3) is 2.59. The van der Waals surface area contributed by atoms with E-state index in [4.69, 9.17) is 22.1 Å². The Morgan fingerprint density at radius 3 is 2.82 bits per heavy atom. The summed E-state index contributed by atoms with van der Waals surface area (Å²) in [6.45, 7) is 0. The number of hydrogen-bond donors (Lipinski definition) is 1. The molecule has 17 heavy (non-hydrogen) atoms. The molecule has 2 rings (SSSR count). The Labute approximate surface area is 107 Å². The van der Waals surface area contributed by atoms with Gasteiger partial charge < -0.3 is 10.5 Å². The van der Waals surface area contributed by atoms with Crippen LogP contribution >= 0.6 is 23.4 Å². The second kappa shape index (κ2) is 5.20. The van der Waals surface area contributed by atoms with Crippen LogP contribution in [0.15, 0.2) is 34.7 Å². The van der Waals surface area contributed by atoms with E-state index in [1.54, 1.807) is 18.3 Å². The first-order valence-corrected chi connectivity index (χ1v) is 5.84. The summed E-state index contributed by atoms with van der Waals surface area (Å²) in [5, 5.41) is 1.78. The number of nitrogens with zero attached hydrogens (tertiary/aromatic N) is 3. The van der Waals surface area contributed by atoms with E-state index in [1.165, 1.54) is 25.2 Å². The maximum atomic E-state index is 6.01. The fraction of sp³-hybridized carbons (Fsp3) is 0.100. The quantitative estimate of drug-likeness (QED) is 0.861. The molecule has 0 spiro atoms. The average molecular weight is 269 g/mol. The van der Waals surface area contributed by atoms with Gasteiger partial charge in [0.1, 0.15) is 11.4 Å². The average Bonchev–Trinajstić information content (AvgIpc) is 2.32. The van der Waals surface area contributed by atoms with Gasteiger partial charge in [-0.3, -0.25) is 0 Å². The first-order chi connectivity index (χ1) is 8.22. The summed E-state index contributed by atoms with van der Waals surface area (Å²) in [7, 11) is 1.51. The Morgan fingerprint density at radius 1 is 1.29 bits per heavy atom. The lowest BCUT2D eigenvalue weighted by Gasteiger charge is -2.08. The third-order valence-corrected chi connectivity index (χ3v) is 3.34. The van der Waals surface area contributed by atoms with Crippen LogP contribution in [0.1, 0.15) is 0 Å². The van der Waals surface area contributed by atoms with Gasteiger partial charge in [-0.15, -0.1) is 0 Å². The molecule has 0 aliphatic carbocycles. The zero-order chi connectivity index (χ0) is 12.3. The number of nitrogen functional groups attached to an aromatic ring is 1. The Kier molecular flexibility index (Phi) is 3.65. The molecule has 0 unspecified atom stereocenters. The number of ether oxygens (including phenoxy) is 1. The normalized spacial score (nSPS) is 10.2. The SMILES string of the molecule is COc1c(N)ncnc1Sc1ncccc1Cl. The van der Waals surface area contributed by atoms with Gasteiger partial charge in [0.25, 0.3) is 0 Å². The molecule has 0 fully saturated rings. The molecule has 7 heteroatoms. The monoisotopic (exact) mass is 268 g/mol. The van der Waals surface area contributed by atoms with Crippen LogP contribution in [-0.2, 0) is 0 Å². The van der Waals surface area contributed by atoms with Crippen molar-refractivity contribution in [2.75, 3.05) is 12.8 Å². The van der Waals surface area contributed by atoms with Gasteiger partial charge in [-0.1, -0.05) is 11.6 Å². The molecule has 0 saturated heterocycles. The van der Waals surface area contributed by atoms with Crippen LogP contribution in [0.2, 0.25) is 5.02 Å².